The maximum absolute atomic E-state index is 10.9. The molecule has 1 rings (SSSR count). The van der Waals surface area contributed by atoms with Gasteiger partial charge in [-0.2, -0.15) is 0 Å². The van der Waals surface area contributed by atoms with E-state index in [4.69, 9.17) is 4.74 Å². The van der Waals surface area contributed by atoms with Crippen LogP contribution in [0.15, 0.2) is 12.1 Å². The third kappa shape index (κ3) is 2.98. The highest BCUT2D eigenvalue weighted by molar-refractivity contribution is 5.89. The SMILES string of the molecule is CCOc1c(C)cc(NC(C)=O)cc1C. The zero-order chi connectivity index (χ0) is 11.4. The molecule has 0 bridgehead atoms. The number of carbonyl (C=O) groups excluding carboxylic acids is 1. The van der Waals surface area contributed by atoms with Crippen LogP contribution in [-0.4, -0.2) is 12.5 Å². The molecule has 0 radical (unpaired) electrons. The molecule has 1 N–H and O–H groups in total. The van der Waals surface area contributed by atoms with Crippen molar-refractivity contribution in [3.8, 4) is 5.75 Å². The maximum atomic E-state index is 10.9. The van der Waals surface area contributed by atoms with Crippen LogP contribution in [0, 0.1) is 13.8 Å². The van der Waals surface area contributed by atoms with Crippen LogP contribution in [0.4, 0.5) is 5.69 Å². The van der Waals surface area contributed by atoms with Crippen LogP contribution < -0.4 is 10.1 Å². The molecule has 0 aromatic heterocycles. The van der Waals surface area contributed by atoms with E-state index in [9.17, 15) is 4.79 Å². The van der Waals surface area contributed by atoms with E-state index in [0.717, 1.165) is 22.6 Å². The van der Waals surface area contributed by atoms with Crippen LogP contribution in [0.2, 0.25) is 0 Å². The van der Waals surface area contributed by atoms with Gasteiger partial charge >= 0.3 is 0 Å². The second-order valence-electron chi connectivity index (χ2n) is 3.55. The van der Waals surface area contributed by atoms with E-state index in [2.05, 4.69) is 5.32 Å². The summed E-state index contributed by atoms with van der Waals surface area (Å²) in [6, 6.07) is 3.83. The van der Waals surface area contributed by atoms with Gasteiger partial charge in [0, 0.05) is 12.6 Å². The van der Waals surface area contributed by atoms with Crippen molar-refractivity contribution in [1.82, 2.24) is 0 Å². The lowest BCUT2D eigenvalue weighted by molar-refractivity contribution is -0.114. The fraction of sp³-hybridized carbons (Fsp3) is 0.417. The third-order valence-corrected chi connectivity index (χ3v) is 2.07. The van der Waals surface area contributed by atoms with Crippen molar-refractivity contribution in [2.75, 3.05) is 11.9 Å². The highest BCUT2D eigenvalue weighted by Gasteiger charge is 2.06. The van der Waals surface area contributed by atoms with E-state index in [1.54, 1.807) is 0 Å². The van der Waals surface area contributed by atoms with Gasteiger partial charge in [-0.3, -0.25) is 4.79 Å². The van der Waals surface area contributed by atoms with Crippen LogP contribution >= 0.6 is 0 Å². The monoisotopic (exact) mass is 207 g/mol. The quantitative estimate of drug-likeness (QED) is 0.827. The highest BCUT2D eigenvalue weighted by Crippen LogP contribution is 2.27. The van der Waals surface area contributed by atoms with Crippen molar-refractivity contribution in [3.63, 3.8) is 0 Å². The molecule has 0 heterocycles. The third-order valence-electron chi connectivity index (χ3n) is 2.07. The number of hydrogen-bond donors (Lipinski definition) is 1. The summed E-state index contributed by atoms with van der Waals surface area (Å²) in [7, 11) is 0. The molecule has 0 unspecified atom stereocenters. The number of nitrogens with one attached hydrogen (secondary N) is 1. The first-order valence-electron chi connectivity index (χ1n) is 5.06. The predicted octanol–water partition coefficient (Wildman–Crippen LogP) is 2.66. The van der Waals surface area contributed by atoms with Gasteiger partial charge in [0.1, 0.15) is 5.75 Å². The van der Waals surface area contributed by atoms with E-state index in [0.29, 0.717) is 6.61 Å². The lowest BCUT2D eigenvalue weighted by atomic mass is 10.1. The van der Waals surface area contributed by atoms with E-state index in [-0.39, 0.29) is 5.91 Å². The standard InChI is InChI=1S/C12H17NO2/c1-5-15-12-8(2)6-11(7-9(12)3)13-10(4)14/h6-7H,5H2,1-4H3,(H,13,14). The normalized spacial score (nSPS) is 9.87. The number of rotatable bonds is 3. The molecule has 1 aromatic carbocycles. The van der Waals surface area contributed by atoms with Gasteiger partial charge in [-0.15, -0.1) is 0 Å². The lowest BCUT2D eigenvalue weighted by Crippen LogP contribution is -2.07. The van der Waals surface area contributed by atoms with Crippen LogP contribution in [0.3, 0.4) is 0 Å². The summed E-state index contributed by atoms with van der Waals surface area (Å²) in [5.74, 6) is 0.851. The van der Waals surface area contributed by atoms with Gasteiger partial charge in [-0.05, 0) is 44.0 Å². The maximum Gasteiger partial charge on any atom is 0.221 e. The number of ether oxygens (including phenoxy) is 1. The molecule has 0 aliphatic heterocycles. The molecule has 82 valence electrons. The number of benzene rings is 1. The molecule has 0 fully saturated rings. The Kier molecular flexibility index (Phi) is 3.72. The van der Waals surface area contributed by atoms with Gasteiger partial charge < -0.3 is 10.1 Å². The first-order chi connectivity index (χ1) is 7.04. The van der Waals surface area contributed by atoms with Gasteiger partial charge in [0.05, 0.1) is 6.61 Å². The molecule has 1 amide bonds. The summed E-state index contributed by atoms with van der Waals surface area (Å²) >= 11 is 0. The Balaban J connectivity index is 3.02. The smallest absolute Gasteiger partial charge is 0.221 e. The minimum Gasteiger partial charge on any atom is -0.493 e. The van der Waals surface area contributed by atoms with Crippen molar-refractivity contribution >= 4 is 11.6 Å². The molecule has 0 atom stereocenters. The highest BCUT2D eigenvalue weighted by atomic mass is 16.5. The fourth-order valence-corrected chi connectivity index (χ4v) is 1.60. The summed E-state index contributed by atoms with van der Waals surface area (Å²) in [6.07, 6.45) is 0. The summed E-state index contributed by atoms with van der Waals surface area (Å²) in [4.78, 5) is 10.9. The molecule has 0 aliphatic carbocycles. The molecule has 3 nitrogen and oxygen atoms in total. The van der Waals surface area contributed by atoms with Crippen molar-refractivity contribution < 1.29 is 9.53 Å². The average Bonchev–Trinajstić information content (AvgIpc) is 2.10. The first kappa shape index (κ1) is 11.6. The largest absolute Gasteiger partial charge is 0.493 e. The lowest BCUT2D eigenvalue weighted by Gasteiger charge is -2.12. The second-order valence-corrected chi connectivity index (χ2v) is 3.55. The van der Waals surface area contributed by atoms with Crippen molar-refractivity contribution in [1.29, 1.82) is 0 Å². The van der Waals surface area contributed by atoms with Crippen molar-refractivity contribution in [3.05, 3.63) is 23.3 Å². The van der Waals surface area contributed by atoms with E-state index < -0.39 is 0 Å². The van der Waals surface area contributed by atoms with Crippen molar-refractivity contribution in [2.24, 2.45) is 0 Å². The molecular weight excluding hydrogens is 190 g/mol. The zero-order valence-electron chi connectivity index (χ0n) is 9.68. The summed E-state index contributed by atoms with van der Waals surface area (Å²) < 4.78 is 5.51. The Morgan fingerprint density at radius 1 is 1.33 bits per heavy atom. The van der Waals surface area contributed by atoms with Gasteiger partial charge in [-0.25, -0.2) is 0 Å². The predicted molar refractivity (Wildman–Crippen MR) is 61.4 cm³/mol. The zero-order valence-corrected chi connectivity index (χ0v) is 9.68. The fourth-order valence-electron chi connectivity index (χ4n) is 1.60. The van der Waals surface area contributed by atoms with Crippen LogP contribution in [0.1, 0.15) is 25.0 Å². The molecule has 3 heteroatoms. The topological polar surface area (TPSA) is 38.3 Å². The van der Waals surface area contributed by atoms with E-state index >= 15 is 0 Å². The summed E-state index contributed by atoms with van der Waals surface area (Å²) in [5.41, 5.74) is 2.90. The summed E-state index contributed by atoms with van der Waals surface area (Å²) in [5, 5.41) is 2.76. The van der Waals surface area contributed by atoms with Gasteiger partial charge in [0.25, 0.3) is 0 Å². The minimum absolute atomic E-state index is 0.0574. The summed E-state index contributed by atoms with van der Waals surface area (Å²) in [6.45, 7) is 8.06. The Morgan fingerprint density at radius 3 is 2.27 bits per heavy atom. The number of amides is 1. The number of anilines is 1. The molecule has 0 spiro atoms. The number of carbonyl (C=O) groups is 1. The number of hydrogen-bond acceptors (Lipinski definition) is 2. The molecular formula is C12H17NO2. The van der Waals surface area contributed by atoms with Crippen LogP contribution in [0.5, 0.6) is 5.75 Å². The van der Waals surface area contributed by atoms with Gasteiger partial charge in [0.2, 0.25) is 5.91 Å². The Labute approximate surface area is 90.4 Å². The minimum atomic E-state index is -0.0574. The van der Waals surface area contributed by atoms with Crippen molar-refractivity contribution in [2.45, 2.75) is 27.7 Å². The van der Waals surface area contributed by atoms with Crippen LogP contribution in [0.25, 0.3) is 0 Å². The van der Waals surface area contributed by atoms with Gasteiger partial charge in [0.15, 0.2) is 0 Å². The molecule has 0 saturated heterocycles. The molecule has 15 heavy (non-hydrogen) atoms. The molecule has 0 aliphatic rings. The van der Waals surface area contributed by atoms with Gasteiger partial charge in [-0.1, -0.05) is 0 Å². The molecule has 0 saturated carbocycles. The second kappa shape index (κ2) is 4.82. The van der Waals surface area contributed by atoms with E-state index in [1.165, 1.54) is 6.92 Å². The number of aryl methyl sites for hydroxylation is 2. The Morgan fingerprint density at radius 2 is 1.87 bits per heavy atom. The first-order valence-corrected chi connectivity index (χ1v) is 5.06. The van der Waals surface area contributed by atoms with Crippen LogP contribution in [-0.2, 0) is 4.79 Å². The Bertz CT molecular complexity index is 349. The molecule has 1 aromatic rings. The van der Waals surface area contributed by atoms with E-state index in [1.807, 2.05) is 32.9 Å². The Hall–Kier alpha value is -1.51. The average molecular weight is 207 g/mol.